The highest BCUT2D eigenvalue weighted by atomic mass is 35.5. The van der Waals surface area contributed by atoms with Crippen molar-refractivity contribution in [3.05, 3.63) is 70.8 Å². The lowest BCUT2D eigenvalue weighted by molar-refractivity contribution is -0.123. The first-order valence-corrected chi connectivity index (χ1v) is 11.1. The normalized spacial score (nSPS) is 25.2. The third-order valence-electron chi connectivity index (χ3n) is 6.68. The van der Waals surface area contributed by atoms with Crippen molar-refractivity contribution in [2.75, 3.05) is 16.8 Å². The molecule has 0 spiro atoms. The van der Waals surface area contributed by atoms with Crippen molar-refractivity contribution in [1.29, 1.82) is 0 Å². The van der Waals surface area contributed by atoms with Crippen LogP contribution < -0.4 is 10.2 Å². The van der Waals surface area contributed by atoms with E-state index in [-0.39, 0.29) is 41.0 Å². The van der Waals surface area contributed by atoms with Gasteiger partial charge in [0.25, 0.3) is 5.91 Å². The van der Waals surface area contributed by atoms with Crippen molar-refractivity contribution in [2.45, 2.75) is 13.3 Å². The molecular formula is C25H21ClN2O5. The second-order valence-corrected chi connectivity index (χ2v) is 9.10. The zero-order chi connectivity index (χ0) is 23.3. The number of rotatable bonds is 5. The van der Waals surface area contributed by atoms with Crippen molar-refractivity contribution in [2.24, 2.45) is 23.7 Å². The van der Waals surface area contributed by atoms with E-state index in [1.165, 1.54) is 22.6 Å². The average Bonchev–Trinajstić information content (AvgIpc) is 3.44. The summed E-state index contributed by atoms with van der Waals surface area (Å²) >= 11 is 5.82. The molecular weight excluding hydrogens is 444 g/mol. The van der Waals surface area contributed by atoms with E-state index >= 15 is 0 Å². The van der Waals surface area contributed by atoms with Crippen LogP contribution in [-0.2, 0) is 19.1 Å². The number of nitrogens with one attached hydrogen (secondary N) is 1. The fraction of sp³-hybridized carbons (Fsp3) is 0.280. The number of nitrogens with zero attached hydrogens (tertiary/aromatic N) is 1. The van der Waals surface area contributed by atoms with Crippen LogP contribution in [0.25, 0.3) is 0 Å². The van der Waals surface area contributed by atoms with Gasteiger partial charge in [0, 0.05) is 10.7 Å². The largest absolute Gasteiger partial charge is 0.452 e. The van der Waals surface area contributed by atoms with Gasteiger partial charge in [-0.15, -0.1) is 0 Å². The van der Waals surface area contributed by atoms with Gasteiger partial charge < -0.3 is 10.1 Å². The summed E-state index contributed by atoms with van der Waals surface area (Å²) < 4.78 is 5.12. The second kappa shape index (κ2) is 8.15. The van der Waals surface area contributed by atoms with Gasteiger partial charge >= 0.3 is 5.97 Å². The van der Waals surface area contributed by atoms with Gasteiger partial charge in [0.2, 0.25) is 11.8 Å². The van der Waals surface area contributed by atoms with Gasteiger partial charge in [-0.3, -0.25) is 14.4 Å². The highest BCUT2D eigenvalue weighted by molar-refractivity contribution is 6.30. The standard InChI is InChI=1S/C25H21ClN2O5/c1-13-9-15-11-19(13)22-21(15)23(30)28(24(22)31)18-4-2-3-14(10-18)25(32)33-12-20(29)27-17-7-5-16(26)6-8-17/h2-10,15,19,21-22H,11-12H2,1H3,(H,27,29)/t15-,19+,21+,22-/m0/s1. The third kappa shape index (κ3) is 3.72. The molecule has 1 N–H and O–H groups in total. The first kappa shape index (κ1) is 21.4. The molecule has 4 atom stereocenters. The lowest BCUT2D eigenvalue weighted by atomic mass is 9.82. The molecule has 168 valence electrons. The first-order chi connectivity index (χ1) is 15.8. The molecule has 2 aromatic rings. The first-order valence-electron chi connectivity index (χ1n) is 10.7. The summed E-state index contributed by atoms with van der Waals surface area (Å²) in [4.78, 5) is 52.0. The molecule has 1 saturated heterocycles. The minimum absolute atomic E-state index is 0.105. The minimum atomic E-state index is -0.722. The van der Waals surface area contributed by atoms with Crippen LogP contribution in [0.1, 0.15) is 23.7 Å². The summed E-state index contributed by atoms with van der Waals surface area (Å²) in [5, 5.41) is 3.15. The molecule has 33 heavy (non-hydrogen) atoms. The summed E-state index contributed by atoms with van der Waals surface area (Å²) in [5.74, 6) is -2.06. The highest BCUT2D eigenvalue weighted by Gasteiger charge is 2.60. The summed E-state index contributed by atoms with van der Waals surface area (Å²) in [6.45, 7) is 1.53. The SMILES string of the molecule is CC1=C[C@H]2C[C@H]1[C@@H]1C(=O)N(c3cccc(C(=O)OCC(=O)Nc4ccc(Cl)cc4)c3)C(=O)[C@@H]12. The molecule has 2 bridgehead atoms. The number of imide groups is 1. The van der Waals surface area contributed by atoms with Crippen LogP contribution in [-0.4, -0.2) is 30.3 Å². The number of esters is 1. The quantitative estimate of drug-likeness (QED) is 0.412. The molecule has 8 heteroatoms. The van der Waals surface area contributed by atoms with E-state index in [9.17, 15) is 19.2 Å². The molecule has 5 rings (SSSR count). The van der Waals surface area contributed by atoms with E-state index in [1.54, 1.807) is 36.4 Å². The minimum Gasteiger partial charge on any atom is -0.452 e. The molecule has 1 heterocycles. The van der Waals surface area contributed by atoms with E-state index in [0.29, 0.717) is 16.4 Å². The number of hydrogen-bond acceptors (Lipinski definition) is 5. The van der Waals surface area contributed by atoms with Crippen molar-refractivity contribution in [1.82, 2.24) is 0 Å². The van der Waals surface area contributed by atoms with Crippen molar-refractivity contribution in [3.63, 3.8) is 0 Å². The van der Waals surface area contributed by atoms with Gasteiger partial charge in [0.15, 0.2) is 6.61 Å². The van der Waals surface area contributed by atoms with Gasteiger partial charge in [-0.1, -0.05) is 29.3 Å². The summed E-state index contributed by atoms with van der Waals surface area (Å²) in [6.07, 6.45) is 2.97. The Bertz CT molecular complexity index is 1210. The smallest absolute Gasteiger partial charge is 0.338 e. The molecule has 2 aromatic carbocycles. The summed E-state index contributed by atoms with van der Waals surface area (Å²) in [5.41, 5.74) is 2.20. The lowest BCUT2D eigenvalue weighted by Crippen LogP contribution is -2.33. The number of carbonyl (C=O) groups excluding carboxylic acids is 4. The van der Waals surface area contributed by atoms with Gasteiger partial charge in [-0.05, 0) is 67.6 Å². The molecule has 3 amide bonds. The molecule has 0 aromatic heterocycles. The zero-order valence-corrected chi connectivity index (χ0v) is 18.5. The lowest BCUT2D eigenvalue weighted by Gasteiger charge is -2.19. The Hall–Kier alpha value is -3.45. The number of carbonyl (C=O) groups is 4. The molecule has 1 aliphatic heterocycles. The van der Waals surface area contributed by atoms with Crippen molar-refractivity contribution < 1.29 is 23.9 Å². The number of halogens is 1. The fourth-order valence-corrected chi connectivity index (χ4v) is 5.37. The molecule has 0 unspecified atom stereocenters. The van der Waals surface area contributed by atoms with Gasteiger partial charge in [0.05, 0.1) is 23.1 Å². The molecule has 1 saturated carbocycles. The number of fused-ring (bicyclic) bond motifs is 5. The second-order valence-electron chi connectivity index (χ2n) is 8.66. The Morgan fingerprint density at radius 2 is 1.82 bits per heavy atom. The fourth-order valence-electron chi connectivity index (χ4n) is 5.25. The van der Waals surface area contributed by atoms with E-state index in [4.69, 9.17) is 16.3 Å². The van der Waals surface area contributed by atoms with E-state index < -0.39 is 18.5 Å². The van der Waals surface area contributed by atoms with Crippen LogP contribution in [0, 0.1) is 23.7 Å². The maximum Gasteiger partial charge on any atom is 0.338 e. The Morgan fingerprint density at radius 3 is 2.58 bits per heavy atom. The monoisotopic (exact) mass is 464 g/mol. The van der Waals surface area contributed by atoms with Crippen LogP contribution in [0.15, 0.2) is 60.2 Å². The Morgan fingerprint density at radius 1 is 1.09 bits per heavy atom. The number of benzene rings is 2. The molecule has 2 fully saturated rings. The Labute approximate surface area is 195 Å². The Balaban J connectivity index is 1.25. The zero-order valence-electron chi connectivity index (χ0n) is 17.8. The van der Waals surface area contributed by atoms with E-state index in [2.05, 4.69) is 11.4 Å². The van der Waals surface area contributed by atoms with Gasteiger partial charge in [-0.25, -0.2) is 9.69 Å². The number of allylic oxidation sites excluding steroid dienone is 2. The van der Waals surface area contributed by atoms with Crippen LogP contribution in [0.5, 0.6) is 0 Å². The predicted octanol–water partition coefficient (Wildman–Crippen LogP) is 3.84. The van der Waals surface area contributed by atoms with E-state index in [0.717, 1.165) is 6.42 Å². The van der Waals surface area contributed by atoms with Gasteiger partial charge in [0.1, 0.15) is 0 Å². The summed E-state index contributed by atoms with van der Waals surface area (Å²) in [7, 11) is 0. The van der Waals surface area contributed by atoms with Crippen LogP contribution in [0.4, 0.5) is 11.4 Å². The maximum absolute atomic E-state index is 13.1. The predicted molar refractivity (Wildman–Crippen MR) is 122 cm³/mol. The van der Waals surface area contributed by atoms with Crippen LogP contribution in [0.2, 0.25) is 5.02 Å². The van der Waals surface area contributed by atoms with Crippen molar-refractivity contribution in [3.8, 4) is 0 Å². The number of ether oxygens (including phenoxy) is 1. The third-order valence-corrected chi connectivity index (χ3v) is 6.94. The Kier molecular flexibility index (Phi) is 5.29. The van der Waals surface area contributed by atoms with E-state index in [1.807, 2.05) is 6.92 Å². The van der Waals surface area contributed by atoms with Gasteiger partial charge in [-0.2, -0.15) is 0 Å². The van der Waals surface area contributed by atoms with Crippen LogP contribution >= 0.6 is 11.6 Å². The van der Waals surface area contributed by atoms with Crippen LogP contribution in [0.3, 0.4) is 0 Å². The topological polar surface area (TPSA) is 92.8 Å². The molecule has 0 radical (unpaired) electrons. The summed E-state index contributed by atoms with van der Waals surface area (Å²) in [6, 6.07) is 12.7. The average molecular weight is 465 g/mol. The molecule has 3 aliphatic rings. The molecule has 7 nitrogen and oxygen atoms in total. The number of amides is 3. The number of anilines is 2. The maximum atomic E-state index is 13.1. The van der Waals surface area contributed by atoms with Crippen molar-refractivity contribution >= 4 is 46.7 Å². The molecule has 2 aliphatic carbocycles. The highest BCUT2D eigenvalue weighted by Crippen LogP contribution is 2.55. The number of hydrogen-bond donors (Lipinski definition) is 1.